The molecule has 0 unspecified atom stereocenters. The molecule has 0 atom stereocenters. The first-order chi connectivity index (χ1) is 8.65. The minimum atomic E-state index is 0.161. The lowest BCUT2D eigenvalue weighted by atomic mass is 10.2. The first-order valence-electron chi connectivity index (χ1n) is 6.33. The van der Waals surface area contributed by atoms with Gasteiger partial charge in [-0.3, -0.25) is 4.79 Å². The fraction of sp³-hybridized carbons (Fsp3) is 0.500. The molecule has 0 spiro atoms. The van der Waals surface area contributed by atoms with Gasteiger partial charge in [0, 0.05) is 15.4 Å². The smallest absolute Gasteiger partial charge is 0.230 e. The van der Waals surface area contributed by atoms with Crippen LogP contribution in [-0.2, 0) is 4.79 Å². The van der Waals surface area contributed by atoms with E-state index in [2.05, 4.69) is 40.3 Å². The van der Waals surface area contributed by atoms with Gasteiger partial charge in [-0.25, -0.2) is 0 Å². The summed E-state index contributed by atoms with van der Waals surface area (Å²) in [6, 6.07) is 6.58. The first kappa shape index (κ1) is 13.9. The molecule has 0 radical (unpaired) electrons. The van der Waals surface area contributed by atoms with E-state index in [1.807, 2.05) is 6.07 Å². The van der Waals surface area contributed by atoms with Gasteiger partial charge in [0.15, 0.2) is 0 Å². The van der Waals surface area contributed by atoms with Crippen molar-refractivity contribution in [3.05, 3.63) is 28.2 Å². The van der Waals surface area contributed by atoms with Crippen LogP contribution < -0.4 is 5.32 Å². The Kier molecular flexibility index (Phi) is 5.13. The maximum atomic E-state index is 11.8. The number of hydrogen-bond acceptors (Lipinski definition) is 2. The van der Waals surface area contributed by atoms with Crippen molar-refractivity contribution in [2.24, 2.45) is 0 Å². The lowest BCUT2D eigenvalue weighted by molar-refractivity contribution is -0.119. The third kappa shape index (κ3) is 4.02. The molecule has 0 aliphatic heterocycles. The minimum Gasteiger partial charge on any atom is -0.353 e. The Bertz CT molecular complexity index is 430. The SMILES string of the molecule is Cc1cc(Br)ccc1SCC(=O)NC1CCCC1. The highest BCUT2D eigenvalue weighted by Gasteiger charge is 2.17. The topological polar surface area (TPSA) is 29.1 Å². The van der Waals surface area contributed by atoms with Gasteiger partial charge in [0.05, 0.1) is 5.75 Å². The summed E-state index contributed by atoms with van der Waals surface area (Å²) in [6.45, 7) is 2.07. The fourth-order valence-electron chi connectivity index (χ4n) is 2.26. The molecule has 98 valence electrons. The third-order valence-electron chi connectivity index (χ3n) is 3.22. The van der Waals surface area contributed by atoms with Crippen LogP contribution in [0.3, 0.4) is 0 Å². The predicted molar refractivity (Wildman–Crippen MR) is 80.0 cm³/mol. The highest BCUT2D eigenvalue weighted by Crippen LogP contribution is 2.25. The first-order valence-corrected chi connectivity index (χ1v) is 8.11. The van der Waals surface area contributed by atoms with E-state index in [-0.39, 0.29) is 5.91 Å². The predicted octanol–water partition coefficient (Wildman–Crippen LogP) is 3.91. The zero-order chi connectivity index (χ0) is 13.0. The summed E-state index contributed by atoms with van der Waals surface area (Å²) in [7, 11) is 0. The van der Waals surface area contributed by atoms with Crippen molar-refractivity contribution in [2.75, 3.05) is 5.75 Å². The number of carbonyl (C=O) groups excluding carboxylic acids is 1. The third-order valence-corrected chi connectivity index (χ3v) is 4.88. The molecule has 1 amide bonds. The van der Waals surface area contributed by atoms with Crippen LogP contribution in [0.5, 0.6) is 0 Å². The molecular formula is C14H18BrNOS. The molecule has 0 saturated heterocycles. The van der Waals surface area contributed by atoms with E-state index >= 15 is 0 Å². The fourth-order valence-corrected chi connectivity index (χ4v) is 3.55. The van der Waals surface area contributed by atoms with Crippen LogP contribution in [0.25, 0.3) is 0 Å². The number of halogens is 1. The van der Waals surface area contributed by atoms with E-state index in [0.717, 1.165) is 17.3 Å². The van der Waals surface area contributed by atoms with Gasteiger partial charge in [-0.1, -0.05) is 28.8 Å². The number of amides is 1. The standard InChI is InChI=1S/C14H18BrNOS/c1-10-8-11(15)6-7-13(10)18-9-14(17)16-12-4-2-3-5-12/h6-8,12H,2-5,9H2,1H3,(H,16,17). The molecule has 1 saturated carbocycles. The zero-order valence-electron chi connectivity index (χ0n) is 10.5. The Labute approximate surface area is 121 Å². The van der Waals surface area contributed by atoms with Gasteiger partial charge in [-0.2, -0.15) is 0 Å². The van der Waals surface area contributed by atoms with Crippen molar-refractivity contribution in [1.82, 2.24) is 5.32 Å². The number of benzene rings is 1. The van der Waals surface area contributed by atoms with Crippen molar-refractivity contribution in [2.45, 2.75) is 43.5 Å². The van der Waals surface area contributed by atoms with Gasteiger partial charge in [0.2, 0.25) is 5.91 Å². The second-order valence-electron chi connectivity index (χ2n) is 4.75. The molecular weight excluding hydrogens is 310 g/mol. The Morgan fingerprint density at radius 3 is 2.83 bits per heavy atom. The largest absolute Gasteiger partial charge is 0.353 e. The number of carbonyl (C=O) groups is 1. The van der Waals surface area contributed by atoms with Gasteiger partial charge in [0.25, 0.3) is 0 Å². The molecule has 1 aliphatic carbocycles. The molecule has 1 aromatic carbocycles. The number of aryl methyl sites for hydroxylation is 1. The summed E-state index contributed by atoms with van der Waals surface area (Å²) in [5, 5.41) is 3.11. The highest BCUT2D eigenvalue weighted by molar-refractivity contribution is 9.10. The van der Waals surface area contributed by atoms with Crippen LogP contribution in [0, 0.1) is 6.92 Å². The van der Waals surface area contributed by atoms with Crippen LogP contribution in [-0.4, -0.2) is 17.7 Å². The average Bonchev–Trinajstić information content (AvgIpc) is 2.80. The summed E-state index contributed by atoms with van der Waals surface area (Å²) < 4.78 is 1.08. The lowest BCUT2D eigenvalue weighted by Gasteiger charge is -2.12. The maximum Gasteiger partial charge on any atom is 0.230 e. The summed E-state index contributed by atoms with van der Waals surface area (Å²) in [4.78, 5) is 13.0. The normalized spacial score (nSPS) is 15.9. The van der Waals surface area contributed by atoms with Crippen LogP contribution >= 0.6 is 27.7 Å². The Balaban J connectivity index is 1.81. The summed E-state index contributed by atoms with van der Waals surface area (Å²) in [5.74, 6) is 0.674. The molecule has 1 fully saturated rings. The van der Waals surface area contributed by atoms with Crippen LogP contribution in [0.4, 0.5) is 0 Å². The van der Waals surface area contributed by atoms with E-state index in [0.29, 0.717) is 11.8 Å². The van der Waals surface area contributed by atoms with Crippen molar-refractivity contribution in [3.63, 3.8) is 0 Å². The Hall–Kier alpha value is -0.480. The van der Waals surface area contributed by atoms with Gasteiger partial charge >= 0.3 is 0 Å². The molecule has 1 aliphatic rings. The summed E-state index contributed by atoms with van der Waals surface area (Å²) in [5.41, 5.74) is 1.21. The average molecular weight is 328 g/mol. The number of thioether (sulfide) groups is 1. The number of hydrogen-bond donors (Lipinski definition) is 1. The van der Waals surface area contributed by atoms with Gasteiger partial charge in [0.1, 0.15) is 0 Å². The van der Waals surface area contributed by atoms with Gasteiger partial charge in [-0.05, 0) is 43.5 Å². The number of rotatable bonds is 4. The van der Waals surface area contributed by atoms with E-state index in [1.165, 1.54) is 23.3 Å². The molecule has 0 aromatic heterocycles. The molecule has 0 heterocycles. The van der Waals surface area contributed by atoms with E-state index in [1.54, 1.807) is 11.8 Å². The molecule has 1 N–H and O–H groups in total. The zero-order valence-corrected chi connectivity index (χ0v) is 12.9. The van der Waals surface area contributed by atoms with Crippen molar-refractivity contribution in [1.29, 1.82) is 0 Å². The van der Waals surface area contributed by atoms with E-state index in [9.17, 15) is 4.79 Å². The highest BCUT2D eigenvalue weighted by atomic mass is 79.9. The monoisotopic (exact) mass is 327 g/mol. The van der Waals surface area contributed by atoms with E-state index < -0.39 is 0 Å². The molecule has 1 aromatic rings. The lowest BCUT2D eigenvalue weighted by Crippen LogP contribution is -2.33. The van der Waals surface area contributed by atoms with Crippen molar-refractivity contribution < 1.29 is 4.79 Å². The van der Waals surface area contributed by atoms with Gasteiger partial charge < -0.3 is 5.32 Å². The Morgan fingerprint density at radius 2 is 2.17 bits per heavy atom. The summed E-state index contributed by atoms with van der Waals surface area (Å²) >= 11 is 5.06. The van der Waals surface area contributed by atoms with Crippen LogP contribution in [0.2, 0.25) is 0 Å². The van der Waals surface area contributed by atoms with Crippen molar-refractivity contribution in [3.8, 4) is 0 Å². The number of nitrogens with one attached hydrogen (secondary N) is 1. The minimum absolute atomic E-state index is 0.161. The molecule has 0 bridgehead atoms. The molecule has 18 heavy (non-hydrogen) atoms. The maximum absolute atomic E-state index is 11.8. The van der Waals surface area contributed by atoms with Gasteiger partial charge in [-0.15, -0.1) is 11.8 Å². The summed E-state index contributed by atoms with van der Waals surface area (Å²) in [6.07, 6.45) is 4.80. The molecule has 4 heteroatoms. The van der Waals surface area contributed by atoms with Crippen LogP contribution in [0.1, 0.15) is 31.2 Å². The Morgan fingerprint density at radius 1 is 1.44 bits per heavy atom. The quantitative estimate of drug-likeness (QED) is 0.849. The van der Waals surface area contributed by atoms with E-state index in [4.69, 9.17) is 0 Å². The van der Waals surface area contributed by atoms with Crippen LogP contribution in [0.15, 0.2) is 27.6 Å². The second-order valence-corrected chi connectivity index (χ2v) is 6.68. The molecule has 2 nitrogen and oxygen atoms in total. The van der Waals surface area contributed by atoms with Crippen molar-refractivity contribution >= 4 is 33.6 Å². The second kappa shape index (κ2) is 6.62. The molecule has 2 rings (SSSR count).